The molecule has 6 heteroatoms. The summed E-state index contributed by atoms with van der Waals surface area (Å²) in [5.41, 5.74) is 1.59. The predicted octanol–water partition coefficient (Wildman–Crippen LogP) is 2.75. The van der Waals surface area contributed by atoms with Crippen molar-refractivity contribution in [3.05, 3.63) is 29.1 Å². The Hall–Kier alpha value is -1.59. The molecule has 0 bridgehead atoms. The highest BCUT2D eigenvalue weighted by Crippen LogP contribution is 2.30. The molecule has 3 rings (SSSR count). The van der Waals surface area contributed by atoms with Crippen molar-refractivity contribution in [1.82, 2.24) is 14.8 Å². The third-order valence-electron chi connectivity index (χ3n) is 4.16. The average Bonchev–Trinajstić information content (AvgIpc) is 2.90. The van der Waals surface area contributed by atoms with E-state index in [1.54, 1.807) is 19.0 Å². The first-order chi connectivity index (χ1) is 10.5. The van der Waals surface area contributed by atoms with E-state index in [1.165, 1.54) is 0 Å². The van der Waals surface area contributed by atoms with Crippen LogP contribution < -0.4 is 0 Å². The largest absolute Gasteiger partial charge is 0.440 e. The van der Waals surface area contributed by atoms with Gasteiger partial charge in [0.2, 0.25) is 5.91 Å². The van der Waals surface area contributed by atoms with E-state index < -0.39 is 0 Å². The summed E-state index contributed by atoms with van der Waals surface area (Å²) >= 11 is 5.98. The number of likely N-dealkylation sites (N-methyl/N-ethyl adjacent to an activating group) is 1. The van der Waals surface area contributed by atoms with Crippen molar-refractivity contribution in [3.63, 3.8) is 0 Å². The van der Waals surface area contributed by atoms with Gasteiger partial charge in [0.05, 0.1) is 6.54 Å². The first kappa shape index (κ1) is 15.3. The van der Waals surface area contributed by atoms with Gasteiger partial charge in [-0.1, -0.05) is 11.6 Å². The lowest BCUT2D eigenvalue weighted by atomic mass is 9.97. The van der Waals surface area contributed by atoms with Crippen LogP contribution in [-0.4, -0.2) is 54.4 Å². The summed E-state index contributed by atoms with van der Waals surface area (Å²) in [6.45, 7) is 2.27. The Morgan fingerprint density at radius 2 is 2.14 bits per heavy atom. The Bertz CT molecular complexity index is 675. The number of piperidine rings is 1. The second-order valence-corrected chi connectivity index (χ2v) is 6.44. The Balaban J connectivity index is 1.64. The number of aromatic nitrogens is 1. The zero-order valence-corrected chi connectivity index (χ0v) is 13.6. The van der Waals surface area contributed by atoms with Crippen molar-refractivity contribution in [3.8, 4) is 0 Å². The number of nitrogens with zero attached hydrogens (tertiary/aromatic N) is 3. The van der Waals surface area contributed by atoms with E-state index in [4.69, 9.17) is 16.0 Å². The quantitative estimate of drug-likeness (QED) is 0.872. The molecule has 118 valence electrons. The number of halogens is 1. The highest BCUT2D eigenvalue weighted by atomic mass is 35.5. The van der Waals surface area contributed by atoms with Crippen LogP contribution in [0.1, 0.15) is 24.7 Å². The van der Waals surface area contributed by atoms with Crippen LogP contribution >= 0.6 is 11.6 Å². The highest BCUT2D eigenvalue weighted by molar-refractivity contribution is 6.31. The molecule has 1 aliphatic heterocycles. The van der Waals surface area contributed by atoms with E-state index in [1.807, 2.05) is 18.2 Å². The average molecular weight is 322 g/mol. The van der Waals surface area contributed by atoms with Crippen molar-refractivity contribution >= 4 is 28.6 Å². The van der Waals surface area contributed by atoms with Gasteiger partial charge in [-0.05, 0) is 44.1 Å². The van der Waals surface area contributed by atoms with E-state index in [0.717, 1.165) is 42.9 Å². The van der Waals surface area contributed by atoms with Crippen LogP contribution in [0.4, 0.5) is 0 Å². The van der Waals surface area contributed by atoms with E-state index in [-0.39, 0.29) is 5.91 Å². The first-order valence-electron chi connectivity index (χ1n) is 7.51. The number of oxazole rings is 1. The van der Waals surface area contributed by atoms with Gasteiger partial charge in [-0.25, -0.2) is 4.98 Å². The Morgan fingerprint density at radius 1 is 1.41 bits per heavy atom. The minimum absolute atomic E-state index is 0.148. The van der Waals surface area contributed by atoms with E-state index in [9.17, 15) is 4.79 Å². The molecule has 0 saturated carbocycles. The molecule has 1 fully saturated rings. The molecular weight excluding hydrogens is 302 g/mol. The van der Waals surface area contributed by atoms with E-state index in [0.29, 0.717) is 17.5 Å². The maximum atomic E-state index is 11.8. The highest BCUT2D eigenvalue weighted by Gasteiger charge is 2.25. The van der Waals surface area contributed by atoms with Gasteiger partial charge < -0.3 is 9.32 Å². The molecule has 1 aromatic heterocycles. The normalized spacial score (nSPS) is 17.0. The van der Waals surface area contributed by atoms with Gasteiger partial charge in [0, 0.05) is 25.0 Å². The molecule has 0 spiro atoms. The standard InChI is InChI=1S/C16H20ClN3O2/c1-19(2)15(21)10-20-7-5-11(6-8-20)16-18-13-9-12(17)3-4-14(13)22-16/h3-4,9,11H,5-8,10H2,1-2H3. The number of likely N-dealkylation sites (tertiary alicyclic amines) is 1. The molecule has 22 heavy (non-hydrogen) atoms. The van der Waals surface area contributed by atoms with Gasteiger partial charge >= 0.3 is 0 Å². The number of hydrogen-bond acceptors (Lipinski definition) is 4. The van der Waals surface area contributed by atoms with Crippen LogP contribution in [0.25, 0.3) is 11.1 Å². The van der Waals surface area contributed by atoms with Gasteiger partial charge in [-0.3, -0.25) is 9.69 Å². The third kappa shape index (κ3) is 3.25. The summed E-state index contributed by atoms with van der Waals surface area (Å²) in [4.78, 5) is 20.1. The van der Waals surface area contributed by atoms with Gasteiger partial charge in [-0.15, -0.1) is 0 Å². The van der Waals surface area contributed by atoms with Crippen LogP contribution in [0.3, 0.4) is 0 Å². The fourth-order valence-electron chi connectivity index (χ4n) is 2.76. The van der Waals surface area contributed by atoms with Gasteiger partial charge in [-0.2, -0.15) is 0 Å². The third-order valence-corrected chi connectivity index (χ3v) is 4.40. The molecule has 2 heterocycles. The molecule has 2 aromatic rings. The summed E-state index contributed by atoms with van der Waals surface area (Å²) in [5.74, 6) is 1.25. The molecule has 0 unspecified atom stereocenters. The Morgan fingerprint density at radius 3 is 2.82 bits per heavy atom. The van der Waals surface area contributed by atoms with Gasteiger partial charge in [0.1, 0.15) is 5.52 Å². The maximum absolute atomic E-state index is 11.8. The van der Waals surface area contributed by atoms with Gasteiger partial charge in [0.25, 0.3) is 0 Å². The number of carbonyl (C=O) groups excluding carboxylic acids is 1. The van der Waals surface area contributed by atoms with Crippen molar-refractivity contribution in [2.75, 3.05) is 33.7 Å². The number of carbonyl (C=O) groups is 1. The van der Waals surface area contributed by atoms with Crippen molar-refractivity contribution < 1.29 is 9.21 Å². The molecule has 0 N–H and O–H groups in total. The second-order valence-electron chi connectivity index (χ2n) is 6.00. The van der Waals surface area contributed by atoms with Crippen LogP contribution in [0.2, 0.25) is 5.02 Å². The minimum atomic E-state index is 0.148. The molecule has 0 radical (unpaired) electrons. The molecular formula is C16H20ClN3O2. The zero-order chi connectivity index (χ0) is 15.7. The number of hydrogen-bond donors (Lipinski definition) is 0. The summed E-state index contributed by atoms with van der Waals surface area (Å²) in [6, 6.07) is 5.50. The topological polar surface area (TPSA) is 49.6 Å². The Kier molecular flexibility index (Phi) is 4.36. The number of amides is 1. The lowest BCUT2D eigenvalue weighted by Crippen LogP contribution is -2.40. The lowest BCUT2D eigenvalue weighted by Gasteiger charge is -2.30. The first-order valence-corrected chi connectivity index (χ1v) is 7.89. The molecule has 0 aliphatic carbocycles. The smallest absolute Gasteiger partial charge is 0.236 e. The van der Waals surface area contributed by atoms with Crippen LogP contribution in [0.15, 0.2) is 22.6 Å². The summed E-state index contributed by atoms with van der Waals surface area (Å²) in [6.07, 6.45) is 1.92. The summed E-state index contributed by atoms with van der Waals surface area (Å²) < 4.78 is 5.85. The molecule has 5 nitrogen and oxygen atoms in total. The van der Waals surface area contributed by atoms with Crippen molar-refractivity contribution in [2.24, 2.45) is 0 Å². The fourth-order valence-corrected chi connectivity index (χ4v) is 2.93. The SMILES string of the molecule is CN(C)C(=O)CN1CCC(c2nc3cc(Cl)ccc3o2)CC1. The van der Waals surface area contributed by atoms with Gasteiger partial charge in [0.15, 0.2) is 11.5 Å². The fraction of sp³-hybridized carbons (Fsp3) is 0.500. The molecule has 1 aliphatic rings. The van der Waals surface area contributed by atoms with Crippen LogP contribution in [-0.2, 0) is 4.79 Å². The zero-order valence-electron chi connectivity index (χ0n) is 12.9. The van der Waals surface area contributed by atoms with Crippen molar-refractivity contribution in [2.45, 2.75) is 18.8 Å². The monoisotopic (exact) mass is 321 g/mol. The summed E-state index contributed by atoms with van der Waals surface area (Å²) in [5, 5.41) is 0.671. The van der Waals surface area contributed by atoms with Crippen LogP contribution in [0.5, 0.6) is 0 Å². The molecule has 1 amide bonds. The molecule has 1 saturated heterocycles. The minimum Gasteiger partial charge on any atom is -0.440 e. The summed E-state index contributed by atoms with van der Waals surface area (Å²) in [7, 11) is 3.58. The molecule has 1 aromatic carbocycles. The maximum Gasteiger partial charge on any atom is 0.236 e. The predicted molar refractivity (Wildman–Crippen MR) is 86.1 cm³/mol. The van der Waals surface area contributed by atoms with E-state index >= 15 is 0 Å². The van der Waals surface area contributed by atoms with Crippen LogP contribution in [0, 0.1) is 0 Å². The molecule has 0 atom stereocenters. The number of benzene rings is 1. The number of fused-ring (bicyclic) bond motifs is 1. The lowest BCUT2D eigenvalue weighted by molar-refractivity contribution is -0.130. The Labute approximate surface area is 134 Å². The second kappa shape index (κ2) is 6.26. The van der Waals surface area contributed by atoms with E-state index in [2.05, 4.69) is 9.88 Å². The number of rotatable bonds is 3. The van der Waals surface area contributed by atoms with Crippen molar-refractivity contribution in [1.29, 1.82) is 0 Å².